The number of aromatic nitrogens is 1. The van der Waals surface area contributed by atoms with Crippen LogP contribution in [0.15, 0.2) is 54.0 Å². The van der Waals surface area contributed by atoms with E-state index in [9.17, 15) is 5.26 Å². The van der Waals surface area contributed by atoms with Gasteiger partial charge in [-0.2, -0.15) is 5.26 Å². The van der Waals surface area contributed by atoms with Gasteiger partial charge < -0.3 is 10.1 Å². The number of methoxy groups -OCH3 is 1. The van der Waals surface area contributed by atoms with E-state index < -0.39 is 0 Å². The van der Waals surface area contributed by atoms with Crippen molar-refractivity contribution >= 4 is 22.6 Å². The van der Waals surface area contributed by atoms with Crippen molar-refractivity contribution in [2.75, 3.05) is 12.4 Å². The fourth-order valence-corrected chi connectivity index (χ4v) is 3.21. The van der Waals surface area contributed by atoms with E-state index in [2.05, 4.69) is 42.4 Å². The number of nitrogens with zero attached hydrogens (tertiary/aromatic N) is 2. The van der Waals surface area contributed by atoms with Crippen molar-refractivity contribution in [1.29, 1.82) is 5.26 Å². The van der Waals surface area contributed by atoms with E-state index in [-0.39, 0.29) is 0 Å². The normalized spacial score (nSPS) is 11.1. The molecular formula is C21H19N3OS. The molecule has 0 atom stereocenters. The first-order valence-electron chi connectivity index (χ1n) is 8.15. The molecule has 0 saturated heterocycles. The standard InChI is InChI=1S/C21H19N3OS/c1-14-4-7-18(10-15(14)2)23-12-17(11-22)21-24-20(13-26-21)16-5-8-19(25-3)9-6-16/h4-10,12-13,23H,1-3H3. The summed E-state index contributed by atoms with van der Waals surface area (Å²) in [7, 11) is 1.64. The number of benzene rings is 2. The quantitative estimate of drug-likeness (QED) is 0.617. The summed E-state index contributed by atoms with van der Waals surface area (Å²) in [6.07, 6.45) is 1.71. The van der Waals surface area contributed by atoms with Crippen LogP contribution < -0.4 is 10.1 Å². The van der Waals surface area contributed by atoms with Gasteiger partial charge in [0.2, 0.25) is 0 Å². The van der Waals surface area contributed by atoms with E-state index in [0.29, 0.717) is 10.6 Å². The number of allylic oxidation sites excluding steroid dienone is 1. The summed E-state index contributed by atoms with van der Waals surface area (Å²) in [6.45, 7) is 4.14. The minimum absolute atomic E-state index is 0.507. The van der Waals surface area contributed by atoms with Crippen molar-refractivity contribution in [3.63, 3.8) is 0 Å². The molecule has 3 aromatic rings. The zero-order valence-electron chi connectivity index (χ0n) is 14.9. The second-order valence-corrected chi connectivity index (χ2v) is 6.74. The van der Waals surface area contributed by atoms with Gasteiger partial charge in [-0.25, -0.2) is 4.98 Å². The van der Waals surface area contributed by atoms with Crippen LogP contribution in [0.25, 0.3) is 16.8 Å². The summed E-state index contributed by atoms with van der Waals surface area (Å²) in [6, 6.07) is 16.1. The molecule has 0 aliphatic rings. The number of nitriles is 1. The van der Waals surface area contributed by atoms with Crippen LogP contribution in [0.4, 0.5) is 5.69 Å². The lowest BCUT2D eigenvalue weighted by Crippen LogP contribution is -1.92. The monoisotopic (exact) mass is 361 g/mol. The number of aryl methyl sites for hydroxylation is 2. The molecule has 0 radical (unpaired) electrons. The summed E-state index contributed by atoms with van der Waals surface area (Å²) in [5.41, 5.74) is 5.75. The Balaban J connectivity index is 1.81. The third-order valence-electron chi connectivity index (χ3n) is 4.13. The number of thiazole rings is 1. The van der Waals surface area contributed by atoms with Crippen LogP contribution in [0.1, 0.15) is 16.1 Å². The lowest BCUT2D eigenvalue weighted by molar-refractivity contribution is 0.415. The SMILES string of the molecule is COc1ccc(-c2csc(C(C#N)=CNc3ccc(C)c(C)c3)n2)cc1. The molecule has 0 saturated carbocycles. The van der Waals surface area contributed by atoms with Crippen LogP contribution in [0.2, 0.25) is 0 Å². The van der Waals surface area contributed by atoms with Gasteiger partial charge in [-0.15, -0.1) is 11.3 Å². The predicted octanol–water partition coefficient (Wildman–Crippen LogP) is 5.41. The summed E-state index contributed by atoms with van der Waals surface area (Å²) < 4.78 is 5.18. The van der Waals surface area contributed by atoms with E-state index in [1.807, 2.05) is 35.7 Å². The molecule has 0 fully saturated rings. The number of nitrogens with one attached hydrogen (secondary N) is 1. The Morgan fingerprint density at radius 3 is 2.58 bits per heavy atom. The van der Waals surface area contributed by atoms with Gasteiger partial charge >= 0.3 is 0 Å². The molecule has 5 heteroatoms. The molecule has 0 amide bonds. The summed E-state index contributed by atoms with van der Waals surface area (Å²) in [5, 5.41) is 15.3. The zero-order chi connectivity index (χ0) is 18.5. The Bertz CT molecular complexity index is 981. The molecule has 4 nitrogen and oxygen atoms in total. The van der Waals surface area contributed by atoms with Gasteiger partial charge in [0.1, 0.15) is 22.4 Å². The van der Waals surface area contributed by atoms with Crippen LogP contribution >= 0.6 is 11.3 Å². The molecule has 0 aliphatic carbocycles. The maximum Gasteiger partial charge on any atom is 0.136 e. The van der Waals surface area contributed by atoms with Gasteiger partial charge in [0.25, 0.3) is 0 Å². The number of hydrogen-bond donors (Lipinski definition) is 1. The van der Waals surface area contributed by atoms with Crippen molar-refractivity contribution in [2.24, 2.45) is 0 Å². The Labute approximate surface area is 157 Å². The first-order chi connectivity index (χ1) is 12.6. The number of ether oxygens (including phenoxy) is 1. The highest BCUT2D eigenvalue weighted by molar-refractivity contribution is 7.11. The van der Waals surface area contributed by atoms with Gasteiger partial charge in [0.15, 0.2) is 0 Å². The van der Waals surface area contributed by atoms with Gasteiger partial charge in [0.05, 0.1) is 12.8 Å². The highest BCUT2D eigenvalue weighted by atomic mass is 32.1. The third-order valence-corrected chi connectivity index (χ3v) is 5.01. The van der Waals surface area contributed by atoms with Gasteiger partial charge in [-0.05, 0) is 61.4 Å². The molecule has 0 spiro atoms. The summed E-state index contributed by atoms with van der Waals surface area (Å²) >= 11 is 1.45. The molecule has 26 heavy (non-hydrogen) atoms. The largest absolute Gasteiger partial charge is 0.497 e. The van der Waals surface area contributed by atoms with E-state index in [1.54, 1.807) is 13.3 Å². The minimum Gasteiger partial charge on any atom is -0.497 e. The molecule has 0 aliphatic heterocycles. The fraction of sp³-hybridized carbons (Fsp3) is 0.143. The van der Waals surface area contributed by atoms with Crippen molar-refractivity contribution in [3.05, 3.63) is 70.2 Å². The summed E-state index contributed by atoms with van der Waals surface area (Å²) in [4.78, 5) is 4.60. The van der Waals surface area contributed by atoms with Gasteiger partial charge in [-0.3, -0.25) is 0 Å². The first-order valence-corrected chi connectivity index (χ1v) is 9.03. The predicted molar refractivity (Wildman–Crippen MR) is 107 cm³/mol. The third kappa shape index (κ3) is 3.93. The molecule has 3 rings (SSSR count). The van der Waals surface area contributed by atoms with E-state index >= 15 is 0 Å². The molecule has 130 valence electrons. The number of anilines is 1. The molecular weight excluding hydrogens is 342 g/mol. The Morgan fingerprint density at radius 2 is 1.92 bits per heavy atom. The van der Waals surface area contributed by atoms with E-state index in [4.69, 9.17) is 4.74 Å². The smallest absolute Gasteiger partial charge is 0.136 e. The lowest BCUT2D eigenvalue weighted by atomic mass is 10.1. The van der Waals surface area contributed by atoms with Crippen LogP contribution in [0.3, 0.4) is 0 Å². The van der Waals surface area contributed by atoms with Crippen molar-refractivity contribution in [2.45, 2.75) is 13.8 Å². The highest BCUT2D eigenvalue weighted by Gasteiger charge is 2.09. The molecule has 1 N–H and O–H groups in total. The maximum absolute atomic E-state index is 9.50. The average Bonchev–Trinajstić information content (AvgIpc) is 3.15. The second-order valence-electron chi connectivity index (χ2n) is 5.88. The van der Waals surface area contributed by atoms with Crippen LogP contribution in [0, 0.1) is 25.2 Å². The second kappa shape index (κ2) is 7.85. The summed E-state index contributed by atoms with van der Waals surface area (Å²) in [5.74, 6) is 0.805. The molecule has 0 unspecified atom stereocenters. The van der Waals surface area contributed by atoms with Gasteiger partial charge in [-0.1, -0.05) is 6.07 Å². The first kappa shape index (κ1) is 17.7. The zero-order valence-corrected chi connectivity index (χ0v) is 15.7. The van der Waals surface area contributed by atoms with Crippen LogP contribution in [-0.2, 0) is 0 Å². The Morgan fingerprint density at radius 1 is 1.15 bits per heavy atom. The molecule has 1 aromatic heterocycles. The van der Waals surface area contributed by atoms with E-state index in [0.717, 1.165) is 22.7 Å². The molecule has 1 heterocycles. The van der Waals surface area contributed by atoms with Crippen molar-refractivity contribution in [1.82, 2.24) is 4.98 Å². The lowest BCUT2D eigenvalue weighted by Gasteiger charge is -2.05. The van der Waals surface area contributed by atoms with E-state index in [1.165, 1.54) is 22.5 Å². The average molecular weight is 361 g/mol. The molecule has 2 aromatic carbocycles. The van der Waals surface area contributed by atoms with Crippen LogP contribution in [0.5, 0.6) is 5.75 Å². The Hall–Kier alpha value is -3.10. The van der Waals surface area contributed by atoms with Crippen molar-refractivity contribution in [3.8, 4) is 23.1 Å². The topological polar surface area (TPSA) is 57.9 Å². The molecule has 0 bridgehead atoms. The van der Waals surface area contributed by atoms with Gasteiger partial charge in [0, 0.05) is 22.8 Å². The maximum atomic E-state index is 9.50. The van der Waals surface area contributed by atoms with Crippen molar-refractivity contribution < 1.29 is 4.74 Å². The highest BCUT2D eigenvalue weighted by Crippen LogP contribution is 2.27. The minimum atomic E-state index is 0.507. The fourth-order valence-electron chi connectivity index (χ4n) is 2.42. The van der Waals surface area contributed by atoms with Crippen LogP contribution in [-0.4, -0.2) is 12.1 Å². The Kier molecular flexibility index (Phi) is 5.35. The number of rotatable bonds is 5. The number of hydrogen-bond acceptors (Lipinski definition) is 5.